The first kappa shape index (κ1) is 12.8. The van der Waals surface area contributed by atoms with Gasteiger partial charge in [0.2, 0.25) is 5.91 Å². The molecular weight excluding hydrogens is 216 g/mol. The third-order valence-electron chi connectivity index (χ3n) is 4.10. The van der Waals surface area contributed by atoms with Gasteiger partial charge in [0.15, 0.2) is 0 Å². The molecule has 0 bridgehead atoms. The fraction of sp³-hybridized carbons (Fsp3) is 0.923. The number of amides is 1. The first-order chi connectivity index (χ1) is 8.09. The summed E-state index contributed by atoms with van der Waals surface area (Å²) in [6.07, 6.45) is 6.51. The van der Waals surface area contributed by atoms with Gasteiger partial charge in [0, 0.05) is 18.7 Å². The molecule has 3 N–H and O–H groups in total. The summed E-state index contributed by atoms with van der Waals surface area (Å²) >= 11 is 0. The largest absolute Gasteiger partial charge is 0.376 e. The van der Waals surface area contributed by atoms with Crippen LogP contribution in [-0.2, 0) is 9.53 Å². The monoisotopic (exact) mass is 240 g/mol. The van der Waals surface area contributed by atoms with Crippen LogP contribution in [0.2, 0.25) is 0 Å². The summed E-state index contributed by atoms with van der Waals surface area (Å²) in [6, 6.07) is 0. The molecule has 1 amide bonds. The number of hydrogen-bond acceptors (Lipinski definition) is 3. The molecule has 2 rings (SSSR count). The predicted octanol–water partition coefficient (Wildman–Crippen LogP) is 1.19. The highest BCUT2D eigenvalue weighted by atomic mass is 16.5. The topological polar surface area (TPSA) is 64.4 Å². The van der Waals surface area contributed by atoms with Crippen molar-refractivity contribution >= 4 is 5.91 Å². The maximum absolute atomic E-state index is 12.1. The van der Waals surface area contributed by atoms with Gasteiger partial charge in [0.1, 0.15) is 0 Å². The van der Waals surface area contributed by atoms with Crippen LogP contribution in [0, 0.1) is 5.92 Å². The normalized spacial score (nSPS) is 38.0. The van der Waals surface area contributed by atoms with Gasteiger partial charge in [-0.05, 0) is 32.6 Å². The lowest BCUT2D eigenvalue weighted by molar-refractivity contribution is -0.128. The Bertz CT molecular complexity index is 273. The van der Waals surface area contributed by atoms with Crippen LogP contribution in [-0.4, -0.2) is 30.7 Å². The van der Waals surface area contributed by atoms with Gasteiger partial charge in [-0.25, -0.2) is 0 Å². The Labute approximate surface area is 103 Å². The van der Waals surface area contributed by atoms with Gasteiger partial charge in [0.25, 0.3) is 0 Å². The molecule has 0 radical (unpaired) electrons. The average Bonchev–Trinajstić information content (AvgIpc) is 2.78. The minimum atomic E-state index is -0.334. The van der Waals surface area contributed by atoms with E-state index < -0.39 is 0 Å². The minimum Gasteiger partial charge on any atom is -0.376 e. The molecule has 1 saturated carbocycles. The second kappa shape index (κ2) is 5.36. The third-order valence-corrected chi connectivity index (χ3v) is 4.10. The molecule has 3 atom stereocenters. The Morgan fingerprint density at radius 1 is 1.41 bits per heavy atom. The SMILES string of the molecule is CC1(N)CCCCC1C(=O)NCC1CCCO1. The van der Waals surface area contributed by atoms with Crippen LogP contribution in [0.25, 0.3) is 0 Å². The van der Waals surface area contributed by atoms with E-state index in [-0.39, 0.29) is 23.5 Å². The van der Waals surface area contributed by atoms with Crippen molar-refractivity contribution in [1.29, 1.82) is 0 Å². The second-order valence-electron chi connectivity index (χ2n) is 5.68. The molecule has 0 aromatic carbocycles. The van der Waals surface area contributed by atoms with E-state index in [0.717, 1.165) is 45.1 Å². The van der Waals surface area contributed by atoms with Crippen LogP contribution >= 0.6 is 0 Å². The molecule has 17 heavy (non-hydrogen) atoms. The molecule has 4 nitrogen and oxygen atoms in total. The van der Waals surface area contributed by atoms with Crippen LogP contribution in [0.4, 0.5) is 0 Å². The number of carbonyl (C=O) groups excluding carboxylic acids is 1. The molecule has 0 spiro atoms. The average molecular weight is 240 g/mol. The fourth-order valence-corrected chi connectivity index (χ4v) is 2.93. The van der Waals surface area contributed by atoms with Crippen molar-refractivity contribution in [3.8, 4) is 0 Å². The molecule has 3 unspecified atom stereocenters. The van der Waals surface area contributed by atoms with Crippen molar-refractivity contribution in [1.82, 2.24) is 5.32 Å². The lowest BCUT2D eigenvalue weighted by Gasteiger charge is -2.37. The van der Waals surface area contributed by atoms with Crippen molar-refractivity contribution in [3.05, 3.63) is 0 Å². The molecule has 2 fully saturated rings. The van der Waals surface area contributed by atoms with Crippen LogP contribution < -0.4 is 11.1 Å². The number of carbonyl (C=O) groups is 1. The van der Waals surface area contributed by atoms with Crippen molar-refractivity contribution in [2.75, 3.05) is 13.2 Å². The quantitative estimate of drug-likeness (QED) is 0.779. The highest BCUT2D eigenvalue weighted by molar-refractivity contribution is 5.80. The predicted molar refractivity (Wildman–Crippen MR) is 66.5 cm³/mol. The fourth-order valence-electron chi connectivity index (χ4n) is 2.93. The van der Waals surface area contributed by atoms with Gasteiger partial charge in [-0.3, -0.25) is 4.79 Å². The van der Waals surface area contributed by atoms with Crippen LogP contribution in [0.15, 0.2) is 0 Å². The van der Waals surface area contributed by atoms with Gasteiger partial charge >= 0.3 is 0 Å². The summed E-state index contributed by atoms with van der Waals surface area (Å²) < 4.78 is 5.50. The third kappa shape index (κ3) is 3.19. The second-order valence-corrected chi connectivity index (χ2v) is 5.68. The van der Waals surface area contributed by atoms with Crippen molar-refractivity contribution in [3.63, 3.8) is 0 Å². The zero-order chi connectivity index (χ0) is 12.3. The summed E-state index contributed by atoms with van der Waals surface area (Å²) in [7, 11) is 0. The summed E-state index contributed by atoms with van der Waals surface area (Å²) in [5, 5.41) is 3.01. The van der Waals surface area contributed by atoms with Crippen molar-refractivity contribution in [2.45, 2.75) is 57.1 Å². The van der Waals surface area contributed by atoms with E-state index in [1.807, 2.05) is 6.92 Å². The van der Waals surface area contributed by atoms with Gasteiger partial charge in [-0.1, -0.05) is 12.8 Å². The maximum Gasteiger partial charge on any atom is 0.225 e. The zero-order valence-corrected chi connectivity index (χ0v) is 10.7. The highest BCUT2D eigenvalue weighted by Gasteiger charge is 2.37. The van der Waals surface area contributed by atoms with Crippen molar-refractivity contribution in [2.24, 2.45) is 11.7 Å². The minimum absolute atomic E-state index is 0.0300. The van der Waals surface area contributed by atoms with Crippen LogP contribution in [0.5, 0.6) is 0 Å². The molecular formula is C13H24N2O2. The Morgan fingerprint density at radius 3 is 2.88 bits per heavy atom. The Morgan fingerprint density at radius 2 is 2.24 bits per heavy atom. The number of ether oxygens (including phenoxy) is 1. The first-order valence-electron chi connectivity index (χ1n) is 6.78. The van der Waals surface area contributed by atoms with E-state index in [0.29, 0.717) is 6.54 Å². The zero-order valence-electron chi connectivity index (χ0n) is 10.7. The summed E-state index contributed by atoms with van der Waals surface area (Å²) in [4.78, 5) is 12.1. The van der Waals surface area contributed by atoms with E-state index in [9.17, 15) is 4.79 Å². The van der Waals surface area contributed by atoms with E-state index in [1.54, 1.807) is 0 Å². The number of nitrogens with one attached hydrogen (secondary N) is 1. The van der Waals surface area contributed by atoms with E-state index in [2.05, 4.69) is 5.32 Å². The number of rotatable bonds is 3. The van der Waals surface area contributed by atoms with E-state index >= 15 is 0 Å². The molecule has 1 aliphatic heterocycles. The molecule has 1 aliphatic carbocycles. The smallest absolute Gasteiger partial charge is 0.225 e. The maximum atomic E-state index is 12.1. The van der Waals surface area contributed by atoms with Gasteiger partial charge in [-0.2, -0.15) is 0 Å². The van der Waals surface area contributed by atoms with Crippen molar-refractivity contribution < 1.29 is 9.53 Å². The Hall–Kier alpha value is -0.610. The number of nitrogens with two attached hydrogens (primary N) is 1. The highest BCUT2D eigenvalue weighted by Crippen LogP contribution is 2.31. The summed E-state index contributed by atoms with van der Waals surface area (Å²) in [5.41, 5.74) is 5.88. The summed E-state index contributed by atoms with van der Waals surface area (Å²) in [6.45, 7) is 3.48. The first-order valence-corrected chi connectivity index (χ1v) is 6.78. The molecule has 1 heterocycles. The molecule has 98 valence electrons. The molecule has 2 aliphatic rings. The van der Waals surface area contributed by atoms with Crippen LogP contribution in [0.3, 0.4) is 0 Å². The Kier molecular flexibility index (Phi) is 4.05. The molecule has 4 heteroatoms. The van der Waals surface area contributed by atoms with Gasteiger partial charge < -0.3 is 15.8 Å². The van der Waals surface area contributed by atoms with Gasteiger partial charge in [0.05, 0.1) is 12.0 Å². The Balaban J connectivity index is 1.81. The molecule has 1 saturated heterocycles. The molecule has 0 aromatic rings. The van der Waals surface area contributed by atoms with Gasteiger partial charge in [-0.15, -0.1) is 0 Å². The van der Waals surface area contributed by atoms with Crippen LogP contribution in [0.1, 0.15) is 45.4 Å². The van der Waals surface area contributed by atoms with E-state index in [4.69, 9.17) is 10.5 Å². The lowest BCUT2D eigenvalue weighted by atomic mass is 9.74. The van der Waals surface area contributed by atoms with E-state index in [1.165, 1.54) is 0 Å². The summed E-state index contributed by atoms with van der Waals surface area (Å²) in [5.74, 6) is 0.0860. The number of hydrogen-bond donors (Lipinski definition) is 2. The molecule has 0 aromatic heterocycles. The standard InChI is InChI=1S/C13H24N2O2/c1-13(14)7-3-2-6-11(13)12(16)15-9-10-5-4-8-17-10/h10-11H,2-9,14H2,1H3,(H,15,16). The lowest BCUT2D eigenvalue weighted by Crippen LogP contribution is -2.53.